The van der Waals surface area contributed by atoms with Gasteiger partial charge in [0.25, 0.3) is 0 Å². The number of sulfone groups is 1. The van der Waals surface area contributed by atoms with Gasteiger partial charge >= 0.3 is 0 Å². The number of nitrogens with zero attached hydrogens (tertiary/aromatic N) is 1. The van der Waals surface area contributed by atoms with Crippen LogP contribution in [-0.4, -0.2) is 13.4 Å². The minimum Gasteiger partial charge on any atom is -0.437 e. The summed E-state index contributed by atoms with van der Waals surface area (Å²) >= 11 is 5.95. The molecule has 0 fully saturated rings. The van der Waals surface area contributed by atoms with E-state index in [9.17, 15) is 8.42 Å². The molecule has 0 saturated carbocycles. The van der Waals surface area contributed by atoms with E-state index < -0.39 is 9.84 Å². The largest absolute Gasteiger partial charge is 0.437 e. The Morgan fingerprint density at radius 1 is 0.806 bits per heavy atom. The maximum atomic E-state index is 13.5. The summed E-state index contributed by atoms with van der Waals surface area (Å²) in [4.78, 5) is 4.79. The van der Waals surface area contributed by atoms with Gasteiger partial charge in [-0.05, 0) is 61.4 Å². The Bertz CT molecular complexity index is 1340. The van der Waals surface area contributed by atoms with Crippen molar-refractivity contribution in [3.63, 3.8) is 0 Å². The van der Waals surface area contributed by atoms with Gasteiger partial charge in [-0.2, -0.15) is 0 Å². The van der Waals surface area contributed by atoms with Crippen molar-refractivity contribution in [2.24, 2.45) is 0 Å². The lowest BCUT2D eigenvalue weighted by Gasteiger charge is -2.16. The van der Waals surface area contributed by atoms with E-state index in [0.29, 0.717) is 22.0 Å². The predicted molar refractivity (Wildman–Crippen MR) is 123 cm³/mol. The zero-order valence-electron chi connectivity index (χ0n) is 17.0. The van der Waals surface area contributed by atoms with Gasteiger partial charge in [-0.3, -0.25) is 0 Å². The Labute approximate surface area is 187 Å². The zero-order chi connectivity index (χ0) is 22.0. The van der Waals surface area contributed by atoms with Gasteiger partial charge in [-0.1, -0.05) is 60.1 Å². The molecule has 1 aromatic heterocycles. The first-order valence-corrected chi connectivity index (χ1v) is 11.5. The van der Waals surface area contributed by atoms with Gasteiger partial charge in [0.1, 0.15) is 10.6 Å². The summed E-state index contributed by atoms with van der Waals surface area (Å²) in [6.07, 6.45) is 0. The lowest BCUT2D eigenvalue weighted by Crippen LogP contribution is -2.09. The van der Waals surface area contributed by atoms with Gasteiger partial charge in [-0.15, -0.1) is 0 Å². The summed E-state index contributed by atoms with van der Waals surface area (Å²) in [5, 5.41) is 0.463. The second-order valence-corrected chi connectivity index (χ2v) is 9.47. The second-order valence-electron chi connectivity index (χ2n) is 7.15. The van der Waals surface area contributed by atoms with Crippen LogP contribution in [0.15, 0.2) is 94.7 Å². The molecule has 1 heterocycles. The number of hydrogen-bond acceptors (Lipinski definition) is 4. The van der Waals surface area contributed by atoms with Crippen molar-refractivity contribution >= 4 is 21.4 Å². The molecule has 0 unspecified atom stereocenters. The molecule has 4 rings (SSSR count). The fourth-order valence-corrected chi connectivity index (χ4v) is 4.95. The monoisotopic (exact) mass is 449 g/mol. The van der Waals surface area contributed by atoms with Crippen LogP contribution in [0, 0.1) is 13.8 Å². The van der Waals surface area contributed by atoms with Gasteiger partial charge in [0, 0.05) is 10.6 Å². The Balaban J connectivity index is 1.93. The maximum absolute atomic E-state index is 13.5. The van der Waals surface area contributed by atoms with Crippen LogP contribution in [0.2, 0.25) is 5.02 Å². The van der Waals surface area contributed by atoms with Crippen molar-refractivity contribution in [1.29, 1.82) is 0 Å². The molecule has 0 bridgehead atoms. The smallest absolute Gasteiger partial charge is 0.239 e. The third kappa shape index (κ3) is 4.33. The highest BCUT2D eigenvalue weighted by Crippen LogP contribution is 2.37. The molecule has 0 N–H and O–H groups in total. The molecule has 0 atom stereocenters. The van der Waals surface area contributed by atoms with Crippen LogP contribution in [0.4, 0.5) is 0 Å². The fourth-order valence-electron chi connectivity index (χ4n) is 3.29. The Morgan fingerprint density at radius 3 is 2.13 bits per heavy atom. The molecule has 0 aliphatic rings. The Morgan fingerprint density at radius 2 is 1.45 bits per heavy atom. The van der Waals surface area contributed by atoms with Crippen LogP contribution in [-0.2, 0) is 9.84 Å². The highest BCUT2D eigenvalue weighted by atomic mass is 35.5. The van der Waals surface area contributed by atoms with E-state index >= 15 is 0 Å². The molecule has 0 aliphatic heterocycles. The van der Waals surface area contributed by atoms with Gasteiger partial charge in [-0.25, -0.2) is 13.4 Å². The minimum absolute atomic E-state index is 0.0396. The highest BCUT2D eigenvalue weighted by molar-refractivity contribution is 7.91. The number of halogens is 1. The van der Waals surface area contributed by atoms with Gasteiger partial charge in [0.05, 0.1) is 10.6 Å². The van der Waals surface area contributed by atoms with Crippen LogP contribution in [0.25, 0.3) is 11.3 Å². The van der Waals surface area contributed by atoms with Crippen molar-refractivity contribution in [2.45, 2.75) is 23.6 Å². The third-order valence-electron chi connectivity index (χ3n) is 4.89. The molecular formula is C25H20ClNO3S. The maximum Gasteiger partial charge on any atom is 0.239 e. The van der Waals surface area contributed by atoms with Crippen molar-refractivity contribution in [3.05, 3.63) is 101 Å². The van der Waals surface area contributed by atoms with Crippen molar-refractivity contribution in [1.82, 2.24) is 4.98 Å². The number of hydrogen-bond donors (Lipinski definition) is 0. The van der Waals surface area contributed by atoms with E-state index in [2.05, 4.69) is 4.98 Å². The fraction of sp³-hybridized carbons (Fsp3) is 0.0800. The van der Waals surface area contributed by atoms with E-state index in [1.54, 1.807) is 31.2 Å². The molecule has 4 aromatic rings. The van der Waals surface area contributed by atoms with Crippen molar-refractivity contribution < 1.29 is 13.2 Å². The van der Waals surface area contributed by atoms with E-state index in [1.165, 1.54) is 12.1 Å². The molecule has 0 spiro atoms. The summed E-state index contributed by atoms with van der Waals surface area (Å²) < 4.78 is 33.2. The minimum atomic E-state index is -3.90. The normalized spacial score (nSPS) is 11.3. The number of aryl methyl sites for hydroxylation is 2. The van der Waals surface area contributed by atoms with Crippen LogP contribution >= 0.6 is 11.6 Å². The molecular weight excluding hydrogens is 430 g/mol. The molecule has 0 amide bonds. The molecule has 3 aromatic carbocycles. The SMILES string of the molecule is Cc1ccccc1Oc1nc(-c2ccccc2)cc(C)c1S(=O)(=O)c1ccc(Cl)cc1. The van der Waals surface area contributed by atoms with Gasteiger partial charge in [0.2, 0.25) is 15.7 Å². The van der Waals surface area contributed by atoms with E-state index in [4.69, 9.17) is 16.3 Å². The third-order valence-corrected chi connectivity index (χ3v) is 7.07. The van der Waals surface area contributed by atoms with Crippen LogP contribution in [0.5, 0.6) is 11.6 Å². The molecule has 31 heavy (non-hydrogen) atoms. The van der Waals surface area contributed by atoms with Gasteiger partial charge < -0.3 is 4.74 Å². The first-order valence-electron chi connectivity index (χ1n) is 9.67. The van der Waals surface area contributed by atoms with Crippen molar-refractivity contribution in [3.8, 4) is 22.9 Å². The first-order chi connectivity index (χ1) is 14.9. The summed E-state index contributed by atoms with van der Waals surface area (Å²) in [5.41, 5.74) is 2.93. The highest BCUT2D eigenvalue weighted by Gasteiger charge is 2.27. The number of pyridine rings is 1. The number of para-hydroxylation sites is 1. The van der Waals surface area contributed by atoms with Crippen LogP contribution < -0.4 is 4.74 Å². The van der Waals surface area contributed by atoms with Crippen LogP contribution in [0.3, 0.4) is 0 Å². The standard InChI is InChI=1S/C25H20ClNO3S/c1-17-8-6-7-11-23(17)30-25-24(31(28,29)21-14-12-20(26)13-15-21)18(2)16-22(27-25)19-9-4-3-5-10-19/h3-16H,1-2H3. The summed E-state index contributed by atoms with van der Waals surface area (Å²) in [6.45, 7) is 3.65. The molecule has 4 nitrogen and oxygen atoms in total. The van der Waals surface area contributed by atoms with Crippen molar-refractivity contribution in [2.75, 3.05) is 0 Å². The second kappa shape index (κ2) is 8.53. The van der Waals surface area contributed by atoms with Crippen LogP contribution in [0.1, 0.15) is 11.1 Å². The number of ether oxygens (including phenoxy) is 1. The van der Waals surface area contributed by atoms with E-state index in [1.807, 2.05) is 55.5 Å². The molecule has 156 valence electrons. The lowest BCUT2D eigenvalue weighted by atomic mass is 10.1. The molecule has 0 saturated heterocycles. The lowest BCUT2D eigenvalue weighted by molar-refractivity contribution is 0.443. The average molecular weight is 450 g/mol. The summed E-state index contributed by atoms with van der Waals surface area (Å²) in [7, 11) is -3.90. The molecule has 0 aliphatic carbocycles. The number of aromatic nitrogens is 1. The average Bonchev–Trinajstić information content (AvgIpc) is 2.76. The Hall–Kier alpha value is -3.15. The summed E-state index contributed by atoms with van der Waals surface area (Å²) in [5.74, 6) is 0.593. The predicted octanol–water partition coefficient (Wildman–Crippen LogP) is 6.64. The van der Waals surface area contributed by atoms with E-state index in [-0.39, 0.29) is 15.7 Å². The quantitative estimate of drug-likeness (QED) is 0.342. The van der Waals surface area contributed by atoms with E-state index in [0.717, 1.165) is 11.1 Å². The topological polar surface area (TPSA) is 56.3 Å². The molecule has 0 radical (unpaired) electrons. The van der Waals surface area contributed by atoms with Gasteiger partial charge in [0.15, 0.2) is 0 Å². The Kier molecular flexibility index (Phi) is 5.81. The first kappa shape index (κ1) is 21.1. The number of benzene rings is 3. The zero-order valence-corrected chi connectivity index (χ0v) is 18.6. The summed E-state index contributed by atoms with van der Waals surface area (Å²) in [6, 6.07) is 24.9. The molecule has 6 heteroatoms. The number of rotatable bonds is 5.